The van der Waals surface area contributed by atoms with Crippen LogP contribution in [-0.4, -0.2) is 88.0 Å². The van der Waals surface area contributed by atoms with Gasteiger partial charge in [0.2, 0.25) is 11.1 Å². The third kappa shape index (κ3) is 4.44. The molecule has 2 aliphatic heterocycles. The van der Waals surface area contributed by atoms with Crippen LogP contribution >= 0.6 is 47.0 Å². The van der Waals surface area contributed by atoms with E-state index in [-0.39, 0.29) is 23.3 Å². The number of hydrogen-bond acceptors (Lipinski definition) is 10. The van der Waals surface area contributed by atoms with Crippen molar-refractivity contribution >= 4 is 64.8 Å². The first-order chi connectivity index (χ1) is 13.4. The summed E-state index contributed by atoms with van der Waals surface area (Å²) in [4.78, 5) is 37.7. The smallest absolute Gasteiger partial charge is 0.352 e. The molecule has 0 bridgehead atoms. The van der Waals surface area contributed by atoms with Gasteiger partial charge in [0.05, 0.1) is 5.75 Å². The summed E-state index contributed by atoms with van der Waals surface area (Å²) in [6.07, 6.45) is 1.95. The number of aliphatic carboxylic acids is 1. The van der Waals surface area contributed by atoms with Crippen LogP contribution in [0.2, 0.25) is 0 Å². The number of amides is 2. The number of carboxylic acid groups (broad SMARTS) is 1. The Morgan fingerprint density at radius 1 is 1.43 bits per heavy atom. The minimum atomic E-state index is -1.15. The van der Waals surface area contributed by atoms with E-state index in [0.717, 1.165) is 5.08 Å². The molecule has 2 N–H and O–H groups in total. The van der Waals surface area contributed by atoms with E-state index >= 15 is 0 Å². The quantitative estimate of drug-likeness (QED) is 0.224. The molecule has 3 heterocycles. The van der Waals surface area contributed by atoms with Gasteiger partial charge in [-0.3, -0.25) is 14.5 Å². The van der Waals surface area contributed by atoms with Crippen LogP contribution < -0.4 is 5.32 Å². The molecule has 10 nitrogen and oxygen atoms in total. The standard InChI is InChI=1S/C14H18N6O4S4/c1-19-14(16-17-18-19)28-4-7-3-27-12-9(15-8(21)5-26-6-25-2)11(22)20(12)10(7)13(23)24/h9,12H,3-6H2,1-2H3,(H,15,21)(H,23,24). The van der Waals surface area contributed by atoms with Crippen molar-refractivity contribution in [2.24, 2.45) is 7.05 Å². The Labute approximate surface area is 178 Å². The van der Waals surface area contributed by atoms with Crippen LogP contribution in [-0.2, 0) is 21.4 Å². The summed E-state index contributed by atoms with van der Waals surface area (Å²) >= 11 is 5.87. The Bertz CT molecular complexity index is 816. The molecular weight excluding hydrogens is 444 g/mol. The van der Waals surface area contributed by atoms with Crippen LogP contribution in [0.1, 0.15) is 0 Å². The Hall–Kier alpha value is -1.38. The second kappa shape index (κ2) is 9.41. The molecule has 1 fully saturated rings. The van der Waals surface area contributed by atoms with Crippen LogP contribution in [0.4, 0.5) is 0 Å². The minimum Gasteiger partial charge on any atom is -0.477 e. The number of aryl methyl sites for hydroxylation is 1. The normalized spacial score (nSPS) is 21.4. The van der Waals surface area contributed by atoms with E-state index in [9.17, 15) is 19.5 Å². The number of hydrogen-bond donors (Lipinski definition) is 2. The number of tetrazole rings is 1. The molecule has 1 saturated heterocycles. The Morgan fingerprint density at radius 2 is 2.21 bits per heavy atom. The van der Waals surface area contributed by atoms with Crippen molar-refractivity contribution in [2.45, 2.75) is 16.6 Å². The number of aromatic nitrogens is 4. The molecule has 0 spiro atoms. The molecular formula is C14H18N6O4S4. The zero-order valence-electron chi connectivity index (χ0n) is 15.0. The summed E-state index contributed by atoms with van der Waals surface area (Å²) in [6, 6.07) is -0.682. The van der Waals surface area contributed by atoms with Crippen molar-refractivity contribution in [1.82, 2.24) is 30.4 Å². The molecule has 2 amide bonds. The molecule has 14 heteroatoms. The molecule has 0 aromatic carbocycles. The van der Waals surface area contributed by atoms with Crippen LogP contribution in [0.25, 0.3) is 0 Å². The molecule has 2 aliphatic rings. The predicted octanol–water partition coefficient (Wildman–Crippen LogP) is 0.0945. The molecule has 0 aliphatic carbocycles. The van der Waals surface area contributed by atoms with Crippen LogP contribution in [0.15, 0.2) is 16.4 Å². The molecule has 0 saturated carbocycles. The fraction of sp³-hybridized carbons (Fsp3) is 0.571. The summed E-state index contributed by atoms with van der Waals surface area (Å²) in [5, 5.41) is 24.5. The van der Waals surface area contributed by atoms with Crippen LogP contribution in [0.5, 0.6) is 0 Å². The second-order valence-electron chi connectivity index (χ2n) is 5.84. The van der Waals surface area contributed by atoms with Gasteiger partial charge in [-0.2, -0.15) is 11.8 Å². The van der Waals surface area contributed by atoms with E-state index < -0.39 is 17.4 Å². The topological polar surface area (TPSA) is 130 Å². The average molecular weight is 463 g/mol. The molecule has 152 valence electrons. The maximum Gasteiger partial charge on any atom is 0.352 e. The minimum absolute atomic E-state index is 0.00126. The molecule has 1 aromatic rings. The molecule has 2 unspecified atom stereocenters. The largest absolute Gasteiger partial charge is 0.477 e. The molecule has 2 atom stereocenters. The van der Waals surface area contributed by atoms with Gasteiger partial charge in [-0.1, -0.05) is 11.8 Å². The zero-order valence-corrected chi connectivity index (χ0v) is 18.3. The Balaban J connectivity index is 1.66. The number of nitrogens with one attached hydrogen (secondary N) is 1. The monoisotopic (exact) mass is 462 g/mol. The molecule has 28 heavy (non-hydrogen) atoms. The van der Waals surface area contributed by atoms with E-state index in [1.165, 1.54) is 44.9 Å². The highest BCUT2D eigenvalue weighted by Crippen LogP contribution is 2.41. The van der Waals surface area contributed by atoms with Gasteiger partial charge in [0, 0.05) is 23.6 Å². The van der Waals surface area contributed by atoms with Crippen molar-refractivity contribution in [1.29, 1.82) is 0 Å². The van der Waals surface area contributed by atoms with E-state index in [1.807, 2.05) is 6.26 Å². The number of nitrogens with zero attached hydrogens (tertiary/aromatic N) is 5. The molecule has 1 aromatic heterocycles. The molecule has 0 radical (unpaired) electrons. The second-order valence-corrected chi connectivity index (χ2v) is 10.1. The summed E-state index contributed by atoms with van der Waals surface area (Å²) < 4.78 is 1.50. The lowest BCUT2D eigenvalue weighted by atomic mass is 10.0. The summed E-state index contributed by atoms with van der Waals surface area (Å²) in [7, 11) is 1.70. The van der Waals surface area contributed by atoms with E-state index in [2.05, 4.69) is 20.8 Å². The summed E-state index contributed by atoms with van der Waals surface area (Å²) in [5.41, 5.74) is 0.633. The van der Waals surface area contributed by atoms with Crippen molar-refractivity contribution < 1.29 is 19.5 Å². The summed E-state index contributed by atoms with van der Waals surface area (Å²) in [6.45, 7) is 0. The average Bonchev–Trinajstić information content (AvgIpc) is 3.08. The number of thioether (sulfide) groups is 4. The van der Waals surface area contributed by atoms with Gasteiger partial charge in [0.15, 0.2) is 0 Å². The number of fused-ring (bicyclic) bond motifs is 1. The number of carbonyl (C=O) groups excluding carboxylic acids is 2. The Morgan fingerprint density at radius 3 is 2.86 bits per heavy atom. The molecule has 3 rings (SSSR count). The highest BCUT2D eigenvalue weighted by molar-refractivity contribution is 8.15. The third-order valence-corrected chi connectivity index (χ3v) is 8.47. The maximum absolute atomic E-state index is 12.6. The van der Waals surface area contributed by atoms with Crippen LogP contribution in [0.3, 0.4) is 0 Å². The van der Waals surface area contributed by atoms with Crippen LogP contribution in [0, 0.1) is 0 Å². The first-order valence-electron chi connectivity index (χ1n) is 8.05. The Kier molecular flexibility index (Phi) is 7.17. The fourth-order valence-electron chi connectivity index (χ4n) is 2.72. The van der Waals surface area contributed by atoms with Crippen molar-refractivity contribution in [3.63, 3.8) is 0 Å². The van der Waals surface area contributed by atoms with Gasteiger partial charge in [-0.05, 0) is 22.3 Å². The number of carboxylic acids is 1. The lowest BCUT2D eigenvalue weighted by Crippen LogP contribution is -2.70. The van der Waals surface area contributed by atoms with Crippen molar-refractivity contribution in [3.8, 4) is 0 Å². The van der Waals surface area contributed by atoms with Crippen molar-refractivity contribution in [3.05, 3.63) is 11.3 Å². The van der Waals surface area contributed by atoms with Gasteiger partial charge in [-0.25, -0.2) is 9.48 Å². The van der Waals surface area contributed by atoms with E-state index in [1.54, 1.807) is 18.8 Å². The summed E-state index contributed by atoms with van der Waals surface area (Å²) in [5.74, 6) is -0.651. The van der Waals surface area contributed by atoms with Crippen molar-refractivity contribution in [2.75, 3.05) is 28.6 Å². The first kappa shape index (κ1) is 21.3. The first-order valence-corrected chi connectivity index (χ1v) is 12.6. The zero-order chi connectivity index (χ0) is 20.3. The van der Waals surface area contributed by atoms with Gasteiger partial charge < -0.3 is 10.4 Å². The third-order valence-electron chi connectivity index (χ3n) is 3.96. The lowest BCUT2D eigenvalue weighted by molar-refractivity contribution is -0.150. The maximum atomic E-state index is 12.6. The fourth-order valence-corrected chi connectivity index (χ4v) is 6.33. The van der Waals surface area contributed by atoms with Gasteiger partial charge >= 0.3 is 5.97 Å². The highest BCUT2D eigenvalue weighted by atomic mass is 32.2. The van der Waals surface area contributed by atoms with Gasteiger partial charge in [-0.15, -0.1) is 28.6 Å². The van der Waals surface area contributed by atoms with Gasteiger partial charge in [0.25, 0.3) is 5.91 Å². The van der Waals surface area contributed by atoms with E-state index in [0.29, 0.717) is 22.2 Å². The van der Waals surface area contributed by atoms with Gasteiger partial charge in [0.1, 0.15) is 17.1 Å². The predicted molar refractivity (Wildman–Crippen MR) is 110 cm³/mol. The van der Waals surface area contributed by atoms with E-state index in [4.69, 9.17) is 0 Å². The lowest BCUT2D eigenvalue weighted by Gasteiger charge is -2.49. The number of rotatable bonds is 9. The number of carbonyl (C=O) groups is 3. The highest BCUT2D eigenvalue weighted by Gasteiger charge is 2.54. The SMILES string of the molecule is CSCSCC(=O)NC1C(=O)N2C(C(=O)O)=C(CSc3nnnn3C)CSC12. The number of β-lactam (4-membered cyclic amide) rings is 1.